The first kappa shape index (κ1) is 46.9. The number of hydrogen-bond acceptors (Lipinski definition) is 16. The van der Waals surface area contributed by atoms with E-state index in [2.05, 4.69) is 31.1 Å². The summed E-state index contributed by atoms with van der Waals surface area (Å²) in [5.41, 5.74) is 8.40. The van der Waals surface area contributed by atoms with Crippen LogP contribution in [-0.2, 0) is 29.8 Å². The second-order valence-corrected chi connectivity index (χ2v) is 14.5. The quantitative estimate of drug-likeness (QED) is 0.0619. The number of rotatable bonds is 11. The molecule has 0 aliphatic rings. The summed E-state index contributed by atoms with van der Waals surface area (Å²) in [6, 6.07) is 15.3. The van der Waals surface area contributed by atoms with Crippen molar-refractivity contribution >= 4 is 82.6 Å². The zero-order valence-electron chi connectivity index (χ0n) is 31.6. The second kappa shape index (κ2) is 18.9. The van der Waals surface area contributed by atoms with Gasteiger partial charge in [-0.15, -0.1) is 20.5 Å². The van der Waals surface area contributed by atoms with Crippen LogP contribution >= 0.6 is 0 Å². The van der Waals surface area contributed by atoms with Gasteiger partial charge in [-0.05, 0) is 78.2 Å². The molecule has 0 unspecified atom stereocenters. The first-order chi connectivity index (χ1) is 25.8. The number of aromatic hydroxyl groups is 1. The fraction of sp³-hybridized carbons (Fsp3) is 0.143. The Morgan fingerprint density at radius 3 is 1.67 bits per heavy atom. The summed E-state index contributed by atoms with van der Waals surface area (Å²) in [5, 5.41) is 31.6. The molecule has 5 aromatic rings. The third-order valence-electron chi connectivity index (χ3n) is 7.94. The normalized spacial score (nSPS) is 11.6. The monoisotopic (exact) mass is 835 g/mol. The van der Waals surface area contributed by atoms with Crippen LogP contribution in [0.4, 0.5) is 39.8 Å². The number of phenolic OH excluding ortho intramolecular Hbond substituents is 1. The van der Waals surface area contributed by atoms with Crippen molar-refractivity contribution in [2.45, 2.75) is 30.6 Å². The van der Waals surface area contributed by atoms with Crippen LogP contribution < -0.4 is 85.0 Å². The smallest absolute Gasteiger partial charge is 0.744 e. The number of nitrogens with one attached hydrogen (secondary N) is 2. The molecular formula is C35H31N7Na2O11S2. The van der Waals surface area contributed by atoms with Gasteiger partial charge in [-0.3, -0.25) is 9.59 Å². The Bertz CT molecular complexity index is 2690. The SMILES string of the molecule is COc1cc(-c2ccc(N=Nc3c(S(=O)(=O)[O-])cc4c(S(=O)(=O)[O-])ccc(NC(C)=O)c4c3O)c(OC)c2)ccc1N=Nc1cc(C)c(N)cc1NC(C)=O.[Na+].[Na+]. The van der Waals surface area contributed by atoms with E-state index in [9.17, 15) is 40.6 Å². The van der Waals surface area contributed by atoms with E-state index in [4.69, 9.17) is 15.2 Å². The number of aryl methyl sites for hydroxylation is 1. The summed E-state index contributed by atoms with van der Waals surface area (Å²) in [4.78, 5) is 21.4. The predicted molar refractivity (Wildman–Crippen MR) is 199 cm³/mol. The Morgan fingerprint density at radius 1 is 0.684 bits per heavy atom. The zero-order valence-corrected chi connectivity index (χ0v) is 37.2. The van der Waals surface area contributed by atoms with Crippen molar-refractivity contribution in [3.63, 3.8) is 0 Å². The number of nitrogens with zero attached hydrogens (tertiary/aromatic N) is 4. The number of benzene rings is 5. The van der Waals surface area contributed by atoms with Gasteiger partial charge in [0.2, 0.25) is 11.8 Å². The number of anilines is 3. The van der Waals surface area contributed by atoms with Crippen molar-refractivity contribution in [1.29, 1.82) is 0 Å². The predicted octanol–water partition coefficient (Wildman–Crippen LogP) is 0.684. The van der Waals surface area contributed by atoms with Crippen LogP contribution in [0.1, 0.15) is 19.4 Å². The van der Waals surface area contributed by atoms with Crippen molar-refractivity contribution in [3.8, 4) is 28.4 Å². The number of azo groups is 2. The molecule has 286 valence electrons. The molecule has 0 heterocycles. The minimum absolute atomic E-state index is 0. The van der Waals surface area contributed by atoms with E-state index in [0.717, 1.165) is 24.6 Å². The summed E-state index contributed by atoms with van der Waals surface area (Å²) in [5.74, 6) is -1.58. The summed E-state index contributed by atoms with van der Waals surface area (Å²) < 4.78 is 84.1. The summed E-state index contributed by atoms with van der Waals surface area (Å²) in [7, 11) is -7.98. The minimum atomic E-state index is -5.48. The van der Waals surface area contributed by atoms with Gasteiger partial charge in [-0.2, -0.15) is 0 Å². The van der Waals surface area contributed by atoms with E-state index in [0.29, 0.717) is 45.7 Å². The Morgan fingerprint density at radius 2 is 1.18 bits per heavy atom. The molecule has 57 heavy (non-hydrogen) atoms. The number of carbonyl (C=O) groups excluding carboxylic acids is 2. The molecule has 0 bridgehead atoms. The fourth-order valence-corrected chi connectivity index (χ4v) is 6.71. The molecule has 0 fully saturated rings. The number of nitrogen functional groups attached to an aromatic ring is 1. The summed E-state index contributed by atoms with van der Waals surface area (Å²) in [6.45, 7) is 4.25. The Hall–Kier alpha value is -4.48. The van der Waals surface area contributed by atoms with Crippen molar-refractivity contribution < 1.29 is 109 Å². The van der Waals surface area contributed by atoms with Gasteiger partial charge in [0.1, 0.15) is 54.5 Å². The van der Waals surface area contributed by atoms with Crippen LogP contribution in [0.2, 0.25) is 0 Å². The van der Waals surface area contributed by atoms with Crippen LogP contribution in [0.5, 0.6) is 17.2 Å². The van der Waals surface area contributed by atoms with Crippen molar-refractivity contribution in [2.75, 3.05) is 30.6 Å². The van der Waals surface area contributed by atoms with E-state index in [1.807, 2.05) is 0 Å². The van der Waals surface area contributed by atoms with E-state index in [1.54, 1.807) is 49.4 Å². The largest absolute Gasteiger partial charge is 1.00 e. The van der Waals surface area contributed by atoms with E-state index in [1.165, 1.54) is 27.2 Å². The average molecular weight is 836 g/mol. The van der Waals surface area contributed by atoms with Crippen LogP contribution in [-0.4, -0.2) is 57.1 Å². The van der Waals surface area contributed by atoms with Gasteiger partial charge in [0.25, 0.3) is 0 Å². The molecule has 0 aliphatic carbocycles. The van der Waals surface area contributed by atoms with E-state index >= 15 is 0 Å². The third-order valence-corrected chi connectivity index (χ3v) is 9.68. The van der Waals surface area contributed by atoms with Crippen LogP contribution in [0.3, 0.4) is 0 Å². The average Bonchev–Trinajstić information content (AvgIpc) is 3.10. The molecule has 0 aromatic heterocycles. The minimum Gasteiger partial charge on any atom is -0.744 e. The molecule has 2 amide bonds. The van der Waals surface area contributed by atoms with Gasteiger partial charge in [0, 0.05) is 24.9 Å². The van der Waals surface area contributed by atoms with Gasteiger partial charge in [-0.25, -0.2) is 16.8 Å². The first-order valence-electron chi connectivity index (χ1n) is 15.7. The molecule has 22 heteroatoms. The molecule has 5 N–H and O–H groups in total. The molecular weight excluding hydrogens is 805 g/mol. The zero-order chi connectivity index (χ0) is 40.4. The maximum atomic E-state index is 12.3. The first-order valence-corrected chi connectivity index (χ1v) is 18.5. The summed E-state index contributed by atoms with van der Waals surface area (Å²) >= 11 is 0. The van der Waals surface area contributed by atoms with E-state index < -0.39 is 58.1 Å². The second-order valence-electron chi connectivity index (χ2n) is 11.8. The van der Waals surface area contributed by atoms with Crippen molar-refractivity contribution in [3.05, 3.63) is 72.3 Å². The topological polar surface area (TPSA) is 287 Å². The standard InChI is InChI=1S/C35H33N7O11S2.2Na/c1-17-12-28(27(16-23(17)36)38-19(3)44)41-39-24-8-6-20(13-29(24)52-4)21-7-9-25(30(14-21)53-5)40-42-34-32(55(49,50)51)15-22-31(54(46,47)48)11-10-26(37-18(2)43)33(22)35(34)45;;/h6-16,45H,36H2,1-5H3,(H,37,43)(H,38,44)(H,46,47,48)(H,49,50,51);;/q;2*+1/p-2. The van der Waals surface area contributed by atoms with Gasteiger partial charge < -0.3 is 40.1 Å². The maximum Gasteiger partial charge on any atom is 1.00 e. The maximum absolute atomic E-state index is 12.3. The molecule has 0 aliphatic heterocycles. The van der Waals surface area contributed by atoms with Crippen LogP contribution in [0.25, 0.3) is 21.9 Å². The number of ether oxygens (including phenoxy) is 2. The molecule has 5 rings (SSSR count). The van der Waals surface area contributed by atoms with Gasteiger partial charge >= 0.3 is 59.1 Å². The Labute approximate surface area is 371 Å². The fourth-order valence-electron chi connectivity index (χ4n) is 5.41. The van der Waals surface area contributed by atoms with Gasteiger partial charge in [0.05, 0.1) is 40.8 Å². The van der Waals surface area contributed by atoms with Gasteiger partial charge in [0.15, 0.2) is 5.75 Å². The van der Waals surface area contributed by atoms with Gasteiger partial charge in [-0.1, -0.05) is 12.1 Å². The number of methoxy groups -OCH3 is 2. The van der Waals surface area contributed by atoms with Crippen LogP contribution in [0, 0.1) is 6.92 Å². The number of carbonyl (C=O) groups is 2. The van der Waals surface area contributed by atoms with Crippen LogP contribution in [0.15, 0.2) is 97.0 Å². The molecule has 0 spiro atoms. The molecule has 18 nitrogen and oxygen atoms in total. The molecule has 0 radical (unpaired) electrons. The number of amides is 2. The third kappa shape index (κ3) is 10.7. The van der Waals surface area contributed by atoms with Crippen molar-refractivity contribution in [1.82, 2.24) is 0 Å². The number of nitrogens with two attached hydrogens (primary N) is 1. The molecule has 0 saturated carbocycles. The number of fused-ring (bicyclic) bond motifs is 1. The Balaban J connectivity index is 0.00000435. The number of phenols is 1. The Kier molecular flexibility index (Phi) is 15.5. The summed E-state index contributed by atoms with van der Waals surface area (Å²) in [6.07, 6.45) is 0. The molecule has 5 aromatic carbocycles. The molecule has 0 atom stereocenters. The molecule has 0 saturated heterocycles. The van der Waals surface area contributed by atoms with Crippen molar-refractivity contribution in [2.24, 2.45) is 20.5 Å². The number of hydrogen-bond donors (Lipinski definition) is 4. The van der Waals surface area contributed by atoms with E-state index in [-0.39, 0.29) is 82.1 Å².